The van der Waals surface area contributed by atoms with E-state index in [1.807, 2.05) is 18.2 Å². The number of benzene rings is 3. The predicted molar refractivity (Wildman–Crippen MR) is 157 cm³/mol. The fraction of sp³-hybridized carbons (Fsp3) is 0.455. The summed E-state index contributed by atoms with van der Waals surface area (Å²) in [6, 6.07) is 33.0. The number of para-hydroxylation sites is 1. The minimum Gasteiger partial charge on any atom is -0.493 e. The van der Waals surface area contributed by atoms with Crippen LogP contribution in [0.5, 0.6) is 5.75 Å². The van der Waals surface area contributed by atoms with Crippen LogP contribution < -0.4 is 15.3 Å². The van der Waals surface area contributed by atoms with Gasteiger partial charge in [0.15, 0.2) is 0 Å². The molecule has 0 aliphatic heterocycles. The van der Waals surface area contributed by atoms with Gasteiger partial charge in [0.25, 0.3) is 0 Å². The van der Waals surface area contributed by atoms with Crippen molar-refractivity contribution >= 4 is 17.9 Å². The first-order chi connectivity index (χ1) is 17.3. The molecule has 0 aromatic heterocycles. The molecule has 0 saturated heterocycles. The van der Waals surface area contributed by atoms with Gasteiger partial charge in [0.2, 0.25) is 0 Å². The first kappa shape index (κ1) is 27.5. The van der Waals surface area contributed by atoms with Crippen molar-refractivity contribution in [1.82, 2.24) is 0 Å². The minimum absolute atomic E-state index is 0.781. The summed E-state index contributed by atoms with van der Waals surface area (Å²) < 4.78 is 6.10. The Morgan fingerprint density at radius 2 is 0.914 bits per heavy atom. The van der Waals surface area contributed by atoms with E-state index < -0.39 is 7.26 Å². The summed E-state index contributed by atoms with van der Waals surface area (Å²) in [5.74, 6) is 0.977. The third-order valence-corrected chi connectivity index (χ3v) is 11.8. The van der Waals surface area contributed by atoms with E-state index in [-0.39, 0.29) is 0 Å². The third kappa shape index (κ3) is 9.46. The zero-order valence-corrected chi connectivity index (χ0v) is 22.8. The van der Waals surface area contributed by atoms with Crippen molar-refractivity contribution in [2.24, 2.45) is 0 Å². The summed E-state index contributed by atoms with van der Waals surface area (Å²) in [4.78, 5) is 0. The molecule has 0 radical (unpaired) electrons. The molecule has 3 aromatic carbocycles. The van der Waals surface area contributed by atoms with Crippen LogP contribution in [0.15, 0.2) is 91.0 Å². The van der Waals surface area contributed by atoms with Gasteiger partial charge in [-0.05, 0) is 49.2 Å². The van der Waals surface area contributed by atoms with Crippen LogP contribution in [0.4, 0.5) is 0 Å². The van der Waals surface area contributed by atoms with Crippen molar-refractivity contribution in [1.29, 1.82) is 0 Å². The van der Waals surface area contributed by atoms with Crippen LogP contribution in [0.25, 0.3) is 0 Å². The fourth-order valence-corrected chi connectivity index (χ4v) is 9.59. The highest BCUT2D eigenvalue weighted by molar-refractivity contribution is 7.89. The summed E-state index contributed by atoms with van der Waals surface area (Å²) in [5.41, 5.74) is 0. The van der Waals surface area contributed by atoms with Gasteiger partial charge in [-0.1, -0.05) is 113 Å². The maximum atomic E-state index is 6.10. The minimum atomic E-state index is -1.48. The van der Waals surface area contributed by atoms with Crippen molar-refractivity contribution < 1.29 is 4.74 Å². The van der Waals surface area contributed by atoms with E-state index in [9.17, 15) is 0 Å². The van der Waals surface area contributed by atoms with Crippen LogP contribution in [0, 0.1) is 0 Å². The van der Waals surface area contributed by atoms with Crippen LogP contribution in [0.1, 0.15) is 77.6 Å². The molecule has 0 spiro atoms. The molecule has 0 saturated carbocycles. The van der Waals surface area contributed by atoms with Crippen molar-refractivity contribution in [2.75, 3.05) is 18.9 Å². The van der Waals surface area contributed by atoms with Gasteiger partial charge in [-0.15, -0.1) is 0 Å². The van der Waals surface area contributed by atoms with E-state index in [0.717, 1.165) is 18.8 Å². The molecule has 0 unspecified atom stereocenters. The summed E-state index contributed by atoms with van der Waals surface area (Å²) in [7, 11) is -1.48. The van der Waals surface area contributed by atoms with E-state index in [2.05, 4.69) is 79.7 Å². The first-order valence-electron chi connectivity index (χ1n) is 14.0. The molecule has 0 atom stereocenters. The molecule has 1 nitrogen and oxygen atoms in total. The smallest absolute Gasteiger partial charge is 0.119 e. The number of ether oxygens (including phenoxy) is 1. The Balaban J connectivity index is 1.60. The third-order valence-electron chi connectivity index (χ3n) is 7.09. The molecule has 0 heterocycles. The quantitative estimate of drug-likeness (QED) is 0.128. The molecule has 2 heteroatoms. The Labute approximate surface area is 215 Å². The van der Waals surface area contributed by atoms with Gasteiger partial charge in [0.05, 0.1) is 36.8 Å². The SMILES string of the molecule is CCCCCCCCCCCC[P+](CCCOc1ccccc1)(c1ccccc1)c1ccccc1. The Morgan fingerprint density at radius 1 is 0.486 bits per heavy atom. The lowest BCUT2D eigenvalue weighted by Crippen LogP contribution is -2.28. The maximum absolute atomic E-state index is 6.10. The van der Waals surface area contributed by atoms with Gasteiger partial charge >= 0.3 is 0 Å². The van der Waals surface area contributed by atoms with E-state index in [0.29, 0.717) is 0 Å². The number of hydrogen-bond acceptors (Lipinski definition) is 1. The van der Waals surface area contributed by atoms with Crippen LogP contribution in [0.3, 0.4) is 0 Å². The molecule has 35 heavy (non-hydrogen) atoms. The maximum Gasteiger partial charge on any atom is 0.119 e. The van der Waals surface area contributed by atoms with Gasteiger partial charge in [-0.2, -0.15) is 0 Å². The highest BCUT2D eigenvalue weighted by Gasteiger charge is 2.41. The summed E-state index contributed by atoms with van der Waals surface area (Å²) >= 11 is 0. The second-order valence-electron chi connectivity index (χ2n) is 9.78. The average molecular weight is 490 g/mol. The van der Waals surface area contributed by atoms with Gasteiger partial charge in [0.1, 0.15) is 5.75 Å². The molecule has 0 fully saturated rings. The number of hydrogen-bond donors (Lipinski definition) is 0. The van der Waals surface area contributed by atoms with Crippen LogP contribution in [0.2, 0.25) is 0 Å². The van der Waals surface area contributed by atoms with Crippen molar-refractivity contribution in [2.45, 2.75) is 77.6 Å². The van der Waals surface area contributed by atoms with Crippen molar-refractivity contribution in [3.63, 3.8) is 0 Å². The molecular formula is C33H46OP+. The normalized spacial score (nSPS) is 11.5. The van der Waals surface area contributed by atoms with Gasteiger partial charge in [-0.3, -0.25) is 0 Å². The molecule has 3 aromatic rings. The first-order valence-corrected chi connectivity index (χ1v) is 16.2. The number of rotatable bonds is 18. The summed E-state index contributed by atoms with van der Waals surface area (Å²) in [6.07, 6.45) is 17.5. The van der Waals surface area contributed by atoms with E-state index in [1.165, 1.54) is 76.5 Å². The molecule has 188 valence electrons. The van der Waals surface area contributed by atoms with Crippen molar-refractivity contribution in [3.05, 3.63) is 91.0 Å². The van der Waals surface area contributed by atoms with Crippen molar-refractivity contribution in [3.8, 4) is 5.75 Å². The average Bonchev–Trinajstić information content (AvgIpc) is 2.92. The predicted octanol–water partition coefficient (Wildman–Crippen LogP) is 9.05. The molecule has 0 N–H and O–H groups in total. The molecule has 0 bridgehead atoms. The lowest BCUT2D eigenvalue weighted by Gasteiger charge is -2.28. The van der Waals surface area contributed by atoms with Crippen LogP contribution in [-0.4, -0.2) is 18.9 Å². The Morgan fingerprint density at radius 3 is 1.43 bits per heavy atom. The Kier molecular flexibility index (Phi) is 13.0. The van der Waals surface area contributed by atoms with E-state index in [4.69, 9.17) is 4.74 Å². The van der Waals surface area contributed by atoms with Gasteiger partial charge < -0.3 is 4.74 Å². The van der Waals surface area contributed by atoms with E-state index >= 15 is 0 Å². The van der Waals surface area contributed by atoms with Crippen LogP contribution >= 0.6 is 7.26 Å². The lowest BCUT2D eigenvalue weighted by atomic mass is 10.1. The molecule has 0 aliphatic rings. The second-order valence-corrected chi connectivity index (χ2v) is 13.6. The van der Waals surface area contributed by atoms with Gasteiger partial charge in [0, 0.05) is 6.42 Å². The Bertz CT molecular complexity index is 855. The molecule has 0 amide bonds. The lowest BCUT2D eigenvalue weighted by molar-refractivity contribution is 0.318. The zero-order chi connectivity index (χ0) is 24.4. The van der Waals surface area contributed by atoms with Gasteiger partial charge in [-0.25, -0.2) is 0 Å². The Hall–Kier alpha value is -2.11. The number of unbranched alkanes of at least 4 members (excludes halogenated alkanes) is 9. The zero-order valence-electron chi connectivity index (χ0n) is 21.9. The summed E-state index contributed by atoms with van der Waals surface area (Å²) in [5, 5.41) is 3.11. The summed E-state index contributed by atoms with van der Waals surface area (Å²) in [6.45, 7) is 3.08. The highest BCUT2D eigenvalue weighted by atomic mass is 31.2. The fourth-order valence-electron chi connectivity index (χ4n) is 5.11. The molecule has 3 rings (SSSR count). The monoisotopic (exact) mass is 489 g/mol. The molecular weight excluding hydrogens is 443 g/mol. The highest BCUT2D eigenvalue weighted by Crippen LogP contribution is 2.57. The largest absolute Gasteiger partial charge is 0.493 e. The van der Waals surface area contributed by atoms with E-state index in [1.54, 1.807) is 10.6 Å². The standard InChI is InChI=1S/C33H46OP/c1-2-3-4-5-6-7-8-9-10-20-29-35(32-24-16-12-17-25-32,33-26-18-13-19-27-33)30-21-28-34-31-22-14-11-15-23-31/h11-19,22-27H,2-10,20-21,28-30H2,1H3/q+1. The van der Waals surface area contributed by atoms with Crippen LogP contribution in [-0.2, 0) is 0 Å². The molecule has 0 aliphatic carbocycles. The second kappa shape index (κ2) is 16.5. The topological polar surface area (TPSA) is 9.23 Å².